The van der Waals surface area contributed by atoms with E-state index >= 15 is 0 Å². The lowest BCUT2D eigenvalue weighted by Crippen LogP contribution is -2.40. The number of amides is 1. The van der Waals surface area contributed by atoms with Crippen molar-refractivity contribution in [1.29, 1.82) is 0 Å². The Morgan fingerprint density at radius 2 is 1.92 bits per heavy atom. The molecule has 3 heterocycles. The first-order chi connectivity index (χ1) is 11.9. The number of carbonyl (C=O) groups is 1. The predicted octanol–water partition coefficient (Wildman–Crippen LogP) is 3.28. The Labute approximate surface area is 152 Å². The van der Waals surface area contributed by atoms with Crippen LogP contribution in [0, 0.1) is 5.92 Å². The Hall–Kier alpha value is -1.06. The van der Waals surface area contributed by atoms with Crippen molar-refractivity contribution in [1.82, 2.24) is 9.88 Å². The Kier molecular flexibility index (Phi) is 5.75. The quantitative estimate of drug-likeness (QED) is 0.768. The molecule has 0 spiro atoms. The monoisotopic (exact) mass is 397 g/mol. The topological polar surface area (TPSA) is 45.7 Å². The average molecular weight is 398 g/mol. The van der Waals surface area contributed by atoms with E-state index in [0.29, 0.717) is 45.8 Å². The van der Waals surface area contributed by atoms with E-state index in [0.717, 1.165) is 24.2 Å². The second-order valence-electron chi connectivity index (χ2n) is 6.17. The molecule has 2 saturated heterocycles. The van der Waals surface area contributed by atoms with Gasteiger partial charge < -0.3 is 14.5 Å². The Morgan fingerprint density at radius 1 is 1.20 bits per heavy atom. The molecule has 3 rings (SSSR count). The number of hydrogen-bond donors (Lipinski definition) is 0. The highest BCUT2D eigenvalue weighted by Gasteiger charge is 2.38. The number of alkyl halides is 3. The van der Waals surface area contributed by atoms with Crippen molar-refractivity contribution >= 4 is 34.0 Å². The van der Waals surface area contributed by atoms with Crippen LogP contribution in [-0.4, -0.2) is 55.2 Å². The Balaban J connectivity index is 1.64. The summed E-state index contributed by atoms with van der Waals surface area (Å²) < 4.78 is 43.5. The zero-order valence-electron chi connectivity index (χ0n) is 13.5. The maximum atomic E-state index is 12.9. The highest BCUT2D eigenvalue weighted by molar-refractivity contribution is 7.19. The van der Waals surface area contributed by atoms with Crippen molar-refractivity contribution in [2.75, 3.05) is 44.3 Å². The lowest BCUT2D eigenvalue weighted by atomic mass is 9.98. The van der Waals surface area contributed by atoms with Crippen molar-refractivity contribution in [3.8, 4) is 0 Å². The third-order valence-electron chi connectivity index (χ3n) is 4.49. The molecule has 1 aromatic rings. The van der Waals surface area contributed by atoms with Crippen LogP contribution in [0.4, 0.5) is 18.3 Å². The molecule has 0 aliphatic carbocycles. The van der Waals surface area contributed by atoms with E-state index in [4.69, 9.17) is 16.3 Å². The number of thiazole rings is 1. The van der Waals surface area contributed by atoms with Gasteiger partial charge in [0, 0.05) is 45.3 Å². The number of carbonyl (C=O) groups excluding carboxylic acids is 1. The maximum Gasteiger partial charge on any atom is 0.435 e. The maximum absolute atomic E-state index is 12.9. The number of nitrogens with zero attached hydrogens (tertiary/aromatic N) is 3. The molecule has 0 unspecified atom stereocenters. The van der Waals surface area contributed by atoms with Crippen molar-refractivity contribution < 1.29 is 22.7 Å². The number of hydrogen-bond acceptors (Lipinski definition) is 5. The SMILES string of the molecule is O=C(C1CCOCC1)N1CCCN(c2nc(C(F)(F)F)c(Cl)s2)CC1. The van der Waals surface area contributed by atoms with Gasteiger partial charge in [-0.2, -0.15) is 13.2 Å². The van der Waals surface area contributed by atoms with E-state index in [1.165, 1.54) is 0 Å². The highest BCUT2D eigenvalue weighted by atomic mass is 35.5. The van der Waals surface area contributed by atoms with E-state index in [9.17, 15) is 18.0 Å². The molecular weight excluding hydrogens is 379 g/mol. The smallest absolute Gasteiger partial charge is 0.381 e. The molecule has 0 bridgehead atoms. The van der Waals surface area contributed by atoms with Crippen LogP contribution in [0.1, 0.15) is 25.0 Å². The zero-order valence-corrected chi connectivity index (χ0v) is 15.1. The summed E-state index contributed by atoms with van der Waals surface area (Å²) >= 11 is 6.54. The Morgan fingerprint density at radius 3 is 2.56 bits per heavy atom. The zero-order chi connectivity index (χ0) is 18.0. The van der Waals surface area contributed by atoms with Crippen LogP contribution in [0.15, 0.2) is 0 Å². The summed E-state index contributed by atoms with van der Waals surface area (Å²) in [5.41, 5.74) is -1.03. The first-order valence-electron chi connectivity index (χ1n) is 8.21. The molecule has 140 valence electrons. The summed E-state index contributed by atoms with van der Waals surface area (Å²) in [6.07, 6.45) is -2.40. The summed E-state index contributed by atoms with van der Waals surface area (Å²) in [5, 5.41) is 0.262. The van der Waals surface area contributed by atoms with Crippen LogP contribution >= 0.6 is 22.9 Å². The van der Waals surface area contributed by atoms with Crippen LogP contribution in [-0.2, 0) is 15.7 Å². The highest BCUT2D eigenvalue weighted by Crippen LogP contribution is 2.40. The van der Waals surface area contributed by atoms with Crippen molar-refractivity contribution in [3.63, 3.8) is 0 Å². The van der Waals surface area contributed by atoms with Crippen molar-refractivity contribution in [2.45, 2.75) is 25.4 Å². The van der Waals surface area contributed by atoms with Crippen LogP contribution in [0.25, 0.3) is 0 Å². The molecule has 2 aliphatic rings. The van der Waals surface area contributed by atoms with Gasteiger partial charge in [0.05, 0.1) is 0 Å². The van der Waals surface area contributed by atoms with E-state index in [-0.39, 0.29) is 21.3 Å². The van der Waals surface area contributed by atoms with Gasteiger partial charge in [-0.3, -0.25) is 4.79 Å². The third kappa shape index (κ3) is 4.38. The minimum absolute atomic E-state index is 0.00793. The molecule has 0 radical (unpaired) electrons. The summed E-state index contributed by atoms with van der Waals surface area (Å²) in [6, 6.07) is 0. The molecule has 10 heteroatoms. The largest absolute Gasteiger partial charge is 0.435 e. The standard InChI is InChI=1S/C15H19ClF3N3O2S/c16-12-11(15(17,18)19)20-14(25-12)22-5-1-4-21(6-7-22)13(23)10-2-8-24-9-3-10/h10H,1-9H2. The number of halogens is 4. The van der Waals surface area contributed by atoms with Gasteiger partial charge in [-0.25, -0.2) is 4.98 Å². The summed E-state index contributed by atoms with van der Waals surface area (Å²) in [4.78, 5) is 19.9. The van der Waals surface area contributed by atoms with Gasteiger partial charge in [-0.05, 0) is 19.3 Å². The normalized spacial score (nSPS) is 20.6. The van der Waals surface area contributed by atoms with Gasteiger partial charge in [0.15, 0.2) is 10.8 Å². The molecule has 5 nitrogen and oxygen atoms in total. The first kappa shape index (κ1) is 18.7. The fraction of sp³-hybridized carbons (Fsp3) is 0.733. The molecule has 2 fully saturated rings. The number of aromatic nitrogens is 1. The van der Waals surface area contributed by atoms with E-state index in [1.54, 1.807) is 4.90 Å². The van der Waals surface area contributed by atoms with E-state index in [1.807, 2.05) is 4.90 Å². The molecule has 1 aromatic heterocycles. The van der Waals surface area contributed by atoms with Crippen molar-refractivity contribution in [3.05, 3.63) is 10.0 Å². The van der Waals surface area contributed by atoms with Crippen LogP contribution < -0.4 is 4.90 Å². The number of rotatable bonds is 2. The van der Waals surface area contributed by atoms with E-state index in [2.05, 4.69) is 4.98 Å². The minimum atomic E-state index is -4.55. The van der Waals surface area contributed by atoms with Gasteiger partial charge in [-0.1, -0.05) is 22.9 Å². The minimum Gasteiger partial charge on any atom is -0.381 e. The lowest BCUT2D eigenvalue weighted by Gasteiger charge is -2.28. The first-order valence-corrected chi connectivity index (χ1v) is 9.40. The van der Waals surface area contributed by atoms with Gasteiger partial charge in [0.25, 0.3) is 0 Å². The van der Waals surface area contributed by atoms with Crippen molar-refractivity contribution in [2.24, 2.45) is 5.92 Å². The van der Waals surface area contributed by atoms with Gasteiger partial charge in [0.2, 0.25) is 5.91 Å². The average Bonchev–Trinajstić information content (AvgIpc) is 2.82. The number of anilines is 1. The molecule has 1 amide bonds. The van der Waals surface area contributed by atoms with Crippen LogP contribution in [0.5, 0.6) is 0 Å². The van der Waals surface area contributed by atoms with Gasteiger partial charge >= 0.3 is 6.18 Å². The predicted molar refractivity (Wildman–Crippen MR) is 89.1 cm³/mol. The molecule has 0 atom stereocenters. The molecule has 2 aliphatic heterocycles. The molecule has 0 N–H and O–H groups in total. The van der Waals surface area contributed by atoms with Gasteiger partial charge in [-0.15, -0.1) is 0 Å². The summed E-state index contributed by atoms with van der Waals surface area (Å²) in [5.74, 6) is 0.116. The second kappa shape index (κ2) is 7.67. The van der Waals surface area contributed by atoms with E-state index < -0.39 is 11.9 Å². The fourth-order valence-electron chi connectivity index (χ4n) is 3.13. The summed E-state index contributed by atoms with van der Waals surface area (Å²) in [7, 11) is 0. The lowest BCUT2D eigenvalue weighted by molar-refractivity contribution is -0.140. The van der Waals surface area contributed by atoms with Crippen LogP contribution in [0.2, 0.25) is 4.34 Å². The summed E-state index contributed by atoms with van der Waals surface area (Å²) in [6.45, 7) is 3.31. The molecule has 25 heavy (non-hydrogen) atoms. The third-order valence-corrected chi connectivity index (χ3v) is 5.81. The van der Waals surface area contributed by atoms with Crippen LogP contribution in [0.3, 0.4) is 0 Å². The molecule has 0 aromatic carbocycles. The Bertz CT molecular complexity index is 620. The number of ether oxygens (including phenoxy) is 1. The van der Waals surface area contributed by atoms with Gasteiger partial charge in [0.1, 0.15) is 4.34 Å². The molecule has 0 saturated carbocycles. The molecular formula is C15H19ClF3N3O2S. The fourth-order valence-corrected chi connectivity index (χ4v) is 4.36. The second-order valence-corrected chi connectivity index (χ2v) is 7.75.